The molecule has 0 saturated carbocycles. The number of aryl methyl sites for hydroxylation is 1. The van der Waals surface area contributed by atoms with Crippen LogP contribution in [0.25, 0.3) is 22.1 Å². The van der Waals surface area contributed by atoms with Gasteiger partial charge in [-0.3, -0.25) is 0 Å². The second-order valence-electron chi connectivity index (χ2n) is 3.95. The summed E-state index contributed by atoms with van der Waals surface area (Å²) in [7, 11) is 3.62. The second-order valence-corrected chi connectivity index (χ2v) is 4.36. The Morgan fingerprint density at radius 3 is 2.94 bits per heavy atom. The van der Waals surface area contributed by atoms with Crippen molar-refractivity contribution in [1.82, 2.24) is 15.1 Å². The normalized spacial score (nSPS) is 11.0. The fraction of sp³-hybridized carbons (Fsp3) is 0.167. The Hall–Kier alpha value is -2.08. The molecule has 0 aliphatic rings. The van der Waals surface area contributed by atoms with Crippen molar-refractivity contribution in [1.29, 1.82) is 0 Å². The molecule has 2 heterocycles. The zero-order valence-corrected chi connectivity index (χ0v) is 10.8. The van der Waals surface area contributed by atoms with Crippen molar-refractivity contribution in [2.45, 2.75) is 0 Å². The van der Waals surface area contributed by atoms with Gasteiger partial charge in [-0.05, 0) is 24.4 Å². The van der Waals surface area contributed by atoms with Gasteiger partial charge >= 0.3 is 0 Å². The van der Waals surface area contributed by atoms with E-state index in [1.165, 1.54) is 0 Å². The first-order valence-corrected chi connectivity index (χ1v) is 5.94. The van der Waals surface area contributed by atoms with Crippen molar-refractivity contribution in [2.75, 3.05) is 12.4 Å². The highest BCUT2D eigenvalue weighted by Gasteiger charge is 2.17. The predicted molar refractivity (Wildman–Crippen MR) is 75.8 cm³/mol. The van der Waals surface area contributed by atoms with E-state index in [1.807, 2.05) is 31.3 Å². The van der Waals surface area contributed by atoms with Gasteiger partial charge in [0.2, 0.25) is 0 Å². The Bertz CT molecular complexity index is 743. The van der Waals surface area contributed by atoms with E-state index in [9.17, 15) is 0 Å². The summed E-state index contributed by atoms with van der Waals surface area (Å²) in [4.78, 5) is 0. The Kier molecular flexibility index (Phi) is 2.45. The zero-order chi connectivity index (χ0) is 12.7. The van der Waals surface area contributed by atoms with Gasteiger partial charge in [0.25, 0.3) is 0 Å². The molecular formula is C12H12N4OS. The summed E-state index contributed by atoms with van der Waals surface area (Å²) < 4.78 is 7.54. The number of fused-ring (bicyclic) bond motifs is 3. The van der Waals surface area contributed by atoms with Gasteiger partial charge in [0.15, 0.2) is 16.5 Å². The van der Waals surface area contributed by atoms with Gasteiger partial charge in [-0.2, -0.15) is 5.10 Å². The average molecular weight is 260 g/mol. The maximum Gasteiger partial charge on any atom is 0.197 e. The van der Waals surface area contributed by atoms with Gasteiger partial charge in [-0.15, -0.1) is 0 Å². The Morgan fingerprint density at radius 2 is 2.17 bits per heavy atom. The molecule has 2 aromatic heterocycles. The summed E-state index contributed by atoms with van der Waals surface area (Å²) in [5.41, 5.74) is 2.39. The summed E-state index contributed by atoms with van der Waals surface area (Å²) in [6.07, 6.45) is 0. The number of nitrogens with one attached hydrogen (secondary N) is 2. The van der Waals surface area contributed by atoms with Crippen LogP contribution in [0.15, 0.2) is 28.7 Å². The molecule has 3 aromatic rings. The van der Waals surface area contributed by atoms with E-state index in [4.69, 9.17) is 16.6 Å². The zero-order valence-electron chi connectivity index (χ0n) is 10.0. The third-order valence-corrected chi connectivity index (χ3v) is 3.12. The van der Waals surface area contributed by atoms with Gasteiger partial charge in [0, 0.05) is 19.5 Å². The predicted octanol–water partition coefficient (Wildman–Crippen LogP) is 2.24. The van der Waals surface area contributed by atoms with Crippen LogP contribution in [0.5, 0.6) is 0 Å². The third-order valence-electron chi connectivity index (χ3n) is 2.82. The van der Waals surface area contributed by atoms with Crippen LogP contribution < -0.4 is 10.6 Å². The molecule has 3 rings (SSSR count). The van der Waals surface area contributed by atoms with Crippen LogP contribution in [0.3, 0.4) is 0 Å². The van der Waals surface area contributed by atoms with Crippen LogP contribution in [-0.4, -0.2) is 21.9 Å². The molecule has 0 radical (unpaired) electrons. The fourth-order valence-electron chi connectivity index (χ4n) is 1.95. The van der Waals surface area contributed by atoms with Gasteiger partial charge < -0.3 is 15.1 Å². The minimum atomic E-state index is 0.528. The first kappa shape index (κ1) is 11.0. The van der Waals surface area contributed by atoms with E-state index in [-0.39, 0.29) is 0 Å². The van der Waals surface area contributed by atoms with Gasteiger partial charge in [-0.25, -0.2) is 4.68 Å². The number of furan rings is 1. The lowest BCUT2D eigenvalue weighted by molar-refractivity contribution is 0.667. The van der Waals surface area contributed by atoms with Gasteiger partial charge in [-0.1, -0.05) is 12.1 Å². The molecule has 0 saturated heterocycles. The summed E-state index contributed by atoms with van der Waals surface area (Å²) in [6, 6.07) is 7.83. The first-order valence-electron chi connectivity index (χ1n) is 5.53. The number of thiocarbonyl (C=S) groups is 1. The van der Waals surface area contributed by atoms with Gasteiger partial charge in [0.05, 0.1) is 0 Å². The molecular weight excluding hydrogens is 248 g/mol. The van der Waals surface area contributed by atoms with E-state index < -0.39 is 0 Å². The van der Waals surface area contributed by atoms with E-state index >= 15 is 0 Å². The largest absolute Gasteiger partial charge is 0.450 e. The van der Waals surface area contributed by atoms with Crippen molar-refractivity contribution >= 4 is 45.2 Å². The number of hydrogen-bond donors (Lipinski definition) is 2. The molecule has 6 heteroatoms. The van der Waals surface area contributed by atoms with Crippen LogP contribution in [0, 0.1) is 0 Å². The van der Waals surface area contributed by atoms with Crippen molar-refractivity contribution in [3.05, 3.63) is 24.3 Å². The SMILES string of the molecule is CNC(=S)Nc1c2oc3ccccc3c2nn1C. The number of anilines is 1. The number of hydrogen-bond acceptors (Lipinski definition) is 3. The van der Waals surface area contributed by atoms with E-state index in [2.05, 4.69) is 15.7 Å². The summed E-state index contributed by atoms with van der Waals surface area (Å²) >= 11 is 5.10. The lowest BCUT2D eigenvalue weighted by Gasteiger charge is -2.06. The topological polar surface area (TPSA) is 55.0 Å². The third kappa shape index (κ3) is 1.53. The van der Waals surface area contributed by atoms with Crippen LogP contribution in [0.4, 0.5) is 5.82 Å². The van der Waals surface area contributed by atoms with E-state index in [0.29, 0.717) is 5.11 Å². The van der Waals surface area contributed by atoms with Crippen LogP contribution in [-0.2, 0) is 7.05 Å². The van der Waals surface area contributed by atoms with Crippen molar-refractivity contribution < 1.29 is 4.42 Å². The maximum atomic E-state index is 5.82. The molecule has 2 N–H and O–H groups in total. The maximum absolute atomic E-state index is 5.82. The molecule has 0 unspecified atom stereocenters. The number of aromatic nitrogens is 2. The highest BCUT2D eigenvalue weighted by atomic mass is 32.1. The van der Waals surface area contributed by atoms with Crippen molar-refractivity contribution in [2.24, 2.45) is 7.05 Å². The smallest absolute Gasteiger partial charge is 0.197 e. The molecule has 0 spiro atoms. The number of rotatable bonds is 1. The van der Waals surface area contributed by atoms with Crippen molar-refractivity contribution in [3.63, 3.8) is 0 Å². The number of para-hydroxylation sites is 1. The quantitative estimate of drug-likeness (QED) is 0.657. The Morgan fingerprint density at radius 1 is 1.39 bits per heavy atom. The first-order chi connectivity index (χ1) is 8.70. The van der Waals surface area contributed by atoms with Crippen molar-refractivity contribution in [3.8, 4) is 0 Å². The highest BCUT2D eigenvalue weighted by molar-refractivity contribution is 7.80. The second kappa shape index (κ2) is 3.99. The minimum absolute atomic E-state index is 0.528. The summed E-state index contributed by atoms with van der Waals surface area (Å²) in [5.74, 6) is 0.751. The molecule has 0 bridgehead atoms. The lowest BCUT2D eigenvalue weighted by Crippen LogP contribution is -2.25. The average Bonchev–Trinajstić information content (AvgIpc) is 2.87. The minimum Gasteiger partial charge on any atom is -0.450 e. The molecule has 0 atom stereocenters. The number of benzene rings is 1. The highest BCUT2D eigenvalue weighted by Crippen LogP contribution is 2.32. The fourth-order valence-corrected chi connectivity index (χ4v) is 2.04. The molecule has 0 amide bonds. The molecule has 0 aliphatic carbocycles. The molecule has 18 heavy (non-hydrogen) atoms. The van der Waals surface area contributed by atoms with E-state index in [1.54, 1.807) is 11.7 Å². The molecule has 5 nitrogen and oxygen atoms in total. The van der Waals surface area contributed by atoms with Crippen LogP contribution >= 0.6 is 12.2 Å². The van der Waals surface area contributed by atoms with Gasteiger partial charge in [0.1, 0.15) is 11.1 Å². The Labute approximate surface area is 109 Å². The molecule has 0 fully saturated rings. The standard InChI is InChI=1S/C12H12N4OS/c1-13-12(18)14-11-10-9(15-16(11)2)7-5-3-4-6-8(7)17-10/h3-6H,1-2H3,(H2,13,14,18). The Balaban J connectivity index is 2.24. The lowest BCUT2D eigenvalue weighted by atomic mass is 10.2. The summed E-state index contributed by atoms with van der Waals surface area (Å²) in [6.45, 7) is 0. The van der Waals surface area contributed by atoms with Crippen LogP contribution in [0.2, 0.25) is 0 Å². The molecule has 0 aliphatic heterocycles. The van der Waals surface area contributed by atoms with Crippen LogP contribution in [0.1, 0.15) is 0 Å². The summed E-state index contributed by atoms with van der Waals surface area (Å²) in [5, 5.41) is 11.9. The number of nitrogens with zero attached hydrogens (tertiary/aromatic N) is 2. The molecule has 1 aromatic carbocycles. The monoisotopic (exact) mass is 260 g/mol. The van der Waals surface area contributed by atoms with E-state index in [0.717, 1.165) is 27.9 Å². The molecule has 92 valence electrons.